The van der Waals surface area contributed by atoms with E-state index in [-0.39, 0.29) is 41.0 Å². The molecule has 0 aliphatic heterocycles. The van der Waals surface area contributed by atoms with Crippen LogP contribution in [0.5, 0.6) is 5.75 Å². The third-order valence-corrected chi connectivity index (χ3v) is 9.19. The zero-order chi connectivity index (χ0) is 32.3. The van der Waals surface area contributed by atoms with Gasteiger partial charge in [0, 0.05) is 22.6 Å². The van der Waals surface area contributed by atoms with E-state index in [1.54, 1.807) is 42.5 Å². The maximum Gasteiger partial charge on any atom is 0.232 e. The molecule has 0 heterocycles. The first-order valence-corrected chi connectivity index (χ1v) is 15.9. The van der Waals surface area contributed by atoms with Gasteiger partial charge < -0.3 is 15.4 Å². The van der Waals surface area contributed by atoms with E-state index < -0.39 is 5.91 Å². The number of ether oxygens (including phenoxy) is 1. The quantitative estimate of drug-likeness (QED) is 0.124. The molecule has 2 unspecified atom stereocenters. The van der Waals surface area contributed by atoms with E-state index in [0.717, 1.165) is 31.4 Å². The van der Waals surface area contributed by atoms with Crippen molar-refractivity contribution in [1.82, 2.24) is 0 Å². The number of nitrogens with one attached hydrogen (secondary N) is 2. The van der Waals surface area contributed by atoms with Gasteiger partial charge in [-0.1, -0.05) is 108 Å². The molecule has 3 aromatic carbocycles. The average Bonchev–Trinajstić information content (AvgIpc) is 3.01. The fourth-order valence-corrected chi connectivity index (χ4v) is 5.29. The highest BCUT2D eigenvalue weighted by Gasteiger charge is 2.35. The van der Waals surface area contributed by atoms with Crippen molar-refractivity contribution in [2.75, 3.05) is 10.6 Å². The molecule has 236 valence electrons. The first-order chi connectivity index (χ1) is 20.9. The first-order valence-electron chi connectivity index (χ1n) is 15.6. The van der Waals surface area contributed by atoms with Gasteiger partial charge in [0.05, 0.1) is 17.1 Å². The molecule has 2 amide bonds. The molecule has 3 aromatic rings. The number of carbonyl (C=O) groups is 3. The van der Waals surface area contributed by atoms with Crippen molar-refractivity contribution in [3.05, 3.63) is 89.4 Å². The van der Waals surface area contributed by atoms with E-state index >= 15 is 0 Å². The zero-order valence-electron chi connectivity index (χ0n) is 26.9. The number of para-hydroxylation sites is 1. The van der Waals surface area contributed by atoms with Gasteiger partial charge in [0.15, 0.2) is 5.78 Å². The van der Waals surface area contributed by atoms with Crippen LogP contribution in [0.15, 0.2) is 78.9 Å². The lowest BCUT2D eigenvalue weighted by Gasteiger charge is -2.36. The first kappa shape index (κ1) is 34.8. The predicted molar refractivity (Wildman–Crippen MR) is 180 cm³/mol. The number of amides is 2. The normalized spacial score (nSPS) is 13.1. The minimum absolute atomic E-state index is 0.0135. The Morgan fingerprint density at radius 2 is 1.41 bits per heavy atom. The molecule has 0 fully saturated rings. The van der Waals surface area contributed by atoms with Gasteiger partial charge in [0.2, 0.25) is 11.8 Å². The Morgan fingerprint density at radius 3 is 2.02 bits per heavy atom. The van der Waals surface area contributed by atoms with Crippen LogP contribution in [0.25, 0.3) is 0 Å². The van der Waals surface area contributed by atoms with Crippen LogP contribution in [-0.2, 0) is 9.59 Å². The van der Waals surface area contributed by atoms with Gasteiger partial charge in [0.25, 0.3) is 0 Å². The van der Waals surface area contributed by atoms with Gasteiger partial charge in [-0.15, -0.1) is 0 Å². The van der Waals surface area contributed by atoms with E-state index in [2.05, 4.69) is 52.2 Å². The highest BCUT2D eigenvalue weighted by atomic mass is 35.5. The molecule has 0 aliphatic carbocycles. The highest BCUT2D eigenvalue weighted by Crippen LogP contribution is 2.38. The SMILES string of the molecule is CCC(C)(C)C(CCCC(C(=O)Nc1ccc(Cl)c(NC(=O)CC(=O)c2ccccc2)c1)C(C)(C)CC)Oc1ccccc1. The maximum atomic E-state index is 13.8. The fourth-order valence-electron chi connectivity index (χ4n) is 5.13. The van der Waals surface area contributed by atoms with Crippen LogP contribution >= 0.6 is 11.6 Å². The smallest absolute Gasteiger partial charge is 0.232 e. The summed E-state index contributed by atoms with van der Waals surface area (Å²) >= 11 is 6.37. The van der Waals surface area contributed by atoms with Crippen LogP contribution in [0.1, 0.15) is 90.4 Å². The predicted octanol–water partition coefficient (Wildman–Crippen LogP) is 9.60. The van der Waals surface area contributed by atoms with E-state index in [1.165, 1.54) is 0 Å². The minimum Gasteiger partial charge on any atom is -0.490 e. The molecule has 6 nitrogen and oxygen atoms in total. The van der Waals surface area contributed by atoms with Gasteiger partial charge in [-0.25, -0.2) is 0 Å². The number of hydrogen-bond donors (Lipinski definition) is 2. The molecular weight excluding hydrogens is 572 g/mol. The third kappa shape index (κ3) is 9.95. The molecule has 2 atom stereocenters. The summed E-state index contributed by atoms with van der Waals surface area (Å²) in [5.41, 5.74) is 1.07. The van der Waals surface area contributed by atoms with E-state index in [0.29, 0.717) is 28.4 Å². The topological polar surface area (TPSA) is 84.5 Å². The van der Waals surface area contributed by atoms with Gasteiger partial charge in [-0.2, -0.15) is 0 Å². The van der Waals surface area contributed by atoms with E-state index in [4.69, 9.17) is 16.3 Å². The molecule has 0 saturated carbocycles. The summed E-state index contributed by atoms with van der Waals surface area (Å²) in [6.07, 6.45) is 3.89. The second kappa shape index (κ2) is 15.9. The van der Waals surface area contributed by atoms with Crippen LogP contribution in [-0.4, -0.2) is 23.7 Å². The Morgan fingerprint density at radius 1 is 0.795 bits per heavy atom. The zero-order valence-corrected chi connectivity index (χ0v) is 27.7. The van der Waals surface area contributed by atoms with Crippen molar-refractivity contribution in [3.8, 4) is 5.75 Å². The number of anilines is 2. The maximum absolute atomic E-state index is 13.8. The lowest BCUT2D eigenvalue weighted by molar-refractivity contribution is -0.124. The standard InChI is InChI=1S/C37H47ClN2O4/c1-7-36(3,4)29(20-15-21-33(37(5,6)8-2)44-28-18-13-10-14-19-28)35(43)39-27-22-23-30(38)31(24-27)40-34(42)25-32(41)26-16-11-9-12-17-26/h9-14,16-19,22-24,29,33H,7-8,15,20-21,25H2,1-6H3,(H,39,43)(H,40,42). The summed E-state index contributed by atoms with van der Waals surface area (Å²) in [5, 5.41) is 6.10. The third-order valence-electron chi connectivity index (χ3n) is 8.86. The molecule has 0 bridgehead atoms. The lowest BCUT2D eigenvalue weighted by Crippen LogP contribution is -2.36. The Kier molecular flexibility index (Phi) is 12.6. The van der Waals surface area contributed by atoms with Crippen LogP contribution in [0, 0.1) is 16.7 Å². The number of ketones is 1. The van der Waals surface area contributed by atoms with Crippen LogP contribution in [0.2, 0.25) is 5.02 Å². The van der Waals surface area contributed by atoms with Crippen molar-refractivity contribution in [2.45, 2.75) is 86.2 Å². The Hall–Kier alpha value is -3.64. The second-order valence-corrected chi connectivity index (χ2v) is 13.2. The number of carbonyl (C=O) groups excluding carboxylic acids is 3. The monoisotopic (exact) mass is 618 g/mol. The molecule has 0 radical (unpaired) electrons. The summed E-state index contributed by atoms with van der Waals surface area (Å²) in [6, 6.07) is 23.6. The van der Waals surface area contributed by atoms with E-state index in [1.807, 2.05) is 36.4 Å². The summed E-state index contributed by atoms with van der Waals surface area (Å²) < 4.78 is 6.46. The van der Waals surface area contributed by atoms with Gasteiger partial charge >= 0.3 is 0 Å². The van der Waals surface area contributed by atoms with Gasteiger partial charge in [-0.3, -0.25) is 14.4 Å². The second-order valence-electron chi connectivity index (χ2n) is 12.8. The Bertz CT molecular complexity index is 1390. The molecule has 0 saturated heterocycles. The molecule has 0 aliphatic rings. The van der Waals surface area contributed by atoms with Crippen LogP contribution < -0.4 is 15.4 Å². The van der Waals surface area contributed by atoms with Crippen LogP contribution in [0.3, 0.4) is 0 Å². The molecule has 0 spiro atoms. The number of benzene rings is 3. The molecule has 2 N–H and O–H groups in total. The largest absolute Gasteiger partial charge is 0.490 e. The average molecular weight is 619 g/mol. The minimum atomic E-state index is -0.475. The highest BCUT2D eigenvalue weighted by molar-refractivity contribution is 6.34. The number of halogens is 1. The van der Waals surface area contributed by atoms with Gasteiger partial charge in [-0.05, 0) is 61.4 Å². The molecule has 3 rings (SSSR count). The fraction of sp³-hybridized carbons (Fsp3) is 0.432. The van der Waals surface area contributed by atoms with Gasteiger partial charge in [0.1, 0.15) is 11.9 Å². The molecule has 7 heteroatoms. The summed E-state index contributed by atoms with van der Waals surface area (Å²) in [6.45, 7) is 13.0. The van der Waals surface area contributed by atoms with Crippen molar-refractivity contribution >= 4 is 40.6 Å². The Labute approximate surface area is 267 Å². The summed E-state index contributed by atoms with van der Waals surface area (Å²) in [5.74, 6) is -0.223. The molecule has 0 aromatic heterocycles. The van der Waals surface area contributed by atoms with Crippen molar-refractivity contribution in [3.63, 3.8) is 0 Å². The van der Waals surface area contributed by atoms with Crippen molar-refractivity contribution < 1.29 is 19.1 Å². The van der Waals surface area contributed by atoms with Crippen molar-refractivity contribution in [2.24, 2.45) is 16.7 Å². The summed E-state index contributed by atoms with van der Waals surface area (Å²) in [7, 11) is 0. The molecular formula is C37H47ClN2O4. The number of Topliss-reactive ketones (excluding diaryl/α,β-unsaturated/α-hetero) is 1. The van der Waals surface area contributed by atoms with Crippen molar-refractivity contribution in [1.29, 1.82) is 0 Å². The van der Waals surface area contributed by atoms with E-state index in [9.17, 15) is 14.4 Å². The van der Waals surface area contributed by atoms with Crippen LogP contribution in [0.4, 0.5) is 11.4 Å². The summed E-state index contributed by atoms with van der Waals surface area (Å²) in [4.78, 5) is 38.9. The number of hydrogen-bond acceptors (Lipinski definition) is 4. The molecule has 44 heavy (non-hydrogen) atoms. The number of rotatable bonds is 16. The Balaban J connectivity index is 1.68. The lowest BCUT2D eigenvalue weighted by atomic mass is 9.73.